The molecule has 92 valence electrons. The van der Waals surface area contributed by atoms with E-state index < -0.39 is 0 Å². The van der Waals surface area contributed by atoms with Gasteiger partial charge in [0.15, 0.2) is 6.29 Å². The molecule has 1 aromatic carbocycles. The van der Waals surface area contributed by atoms with Crippen LogP contribution in [0.5, 0.6) is 5.75 Å². The van der Waals surface area contributed by atoms with Crippen LogP contribution in [0.1, 0.15) is 17.3 Å². The molecule has 0 radical (unpaired) electrons. The summed E-state index contributed by atoms with van der Waals surface area (Å²) in [5, 5.41) is 3.03. The zero-order chi connectivity index (χ0) is 12.8. The van der Waals surface area contributed by atoms with Gasteiger partial charge < -0.3 is 10.1 Å². The maximum Gasteiger partial charge on any atom is 0.227 e. The summed E-state index contributed by atoms with van der Waals surface area (Å²) in [6, 6.07) is 7.49. The normalized spacial score (nSPS) is 9.83. The first kappa shape index (κ1) is 12.0. The summed E-state index contributed by atoms with van der Waals surface area (Å²) in [5.41, 5.74) is 1.31. The van der Waals surface area contributed by atoms with Crippen LogP contribution in [0.3, 0.4) is 0 Å². The highest BCUT2D eigenvalue weighted by molar-refractivity contribution is 5.73. The van der Waals surface area contributed by atoms with E-state index in [1.807, 2.05) is 31.2 Å². The molecule has 5 nitrogen and oxygen atoms in total. The van der Waals surface area contributed by atoms with Gasteiger partial charge in [-0.05, 0) is 31.2 Å². The molecule has 1 aromatic heterocycles. The van der Waals surface area contributed by atoms with Gasteiger partial charge in [-0.15, -0.1) is 0 Å². The van der Waals surface area contributed by atoms with E-state index in [0.29, 0.717) is 24.4 Å². The number of nitrogens with zero attached hydrogens (tertiary/aromatic N) is 2. The molecular formula is C13H13N3O2. The molecule has 5 heteroatoms. The Kier molecular flexibility index (Phi) is 3.86. The number of aldehydes is 1. The van der Waals surface area contributed by atoms with Gasteiger partial charge in [0.05, 0.1) is 12.2 Å². The lowest BCUT2D eigenvalue weighted by Gasteiger charge is -2.06. The van der Waals surface area contributed by atoms with Crippen molar-refractivity contribution in [3.8, 4) is 5.75 Å². The van der Waals surface area contributed by atoms with Gasteiger partial charge in [-0.25, -0.2) is 9.97 Å². The minimum Gasteiger partial charge on any atom is -0.494 e. The van der Waals surface area contributed by atoms with Crippen molar-refractivity contribution in [1.29, 1.82) is 0 Å². The first-order valence-corrected chi connectivity index (χ1v) is 5.59. The van der Waals surface area contributed by atoms with Crippen LogP contribution in [0.2, 0.25) is 0 Å². The van der Waals surface area contributed by atoms with E-state index in [-0.39, 0.29) is 0 Å². The number of carbonyl (C=O) groups excluding carboxylic acids is 1. The number of carbonyl (C=O) groups is 1. The average molecular weight is 243 g/mol. The zero-order valence-corrected chi connectivity index (χ0v) is 9.96. The predicted octanol–water partition coefficient (Wildman–Crippen LogP) is 2.43. The molecule has 1 heterocycles. The van der Waals surface area contributed by atoms with E-state index in [9.17, 15) is 4.79 Å². The molecule has 0 amide bonds. The highest BCUT2D eigenvalue weighted by atomic mass is 16.5. The van der Waals surface area contributed by atoms with Crippen molar-refractivity contribution in [2.45, 2.75) is 6.92 Å². The van der Waals surface area contributed by atoms with Crippen LogP contribution in [0.15, 0.2) is 36.7 Å². The van der Waals surface area contributed by atoms with Gasteiger partial charge in [-0.1, -0.05) is 0 Å². The molecule has 0 fully saturated rings. The van der Waals surface area contributed by atoms with Crippen LogP contribution >= 0.6 is 0 Å². The molecule has 2 aromatic rings. The van der Waals surface area contributed by atoms with Gasteiger partial charge in [0.1, 0.15) is 5.75 Å². The molecule has 0 atom stereocenters. The van der Waals surface area contributed by atoms with Gasteiger partial charge in [0.25, 0.3) is 0 Å². The Balaban J connectivity index is 2.05. The first-order valence-electron chi connectivity index (χ1n) is 5.59. The smallest absolute Gasteiger partial charge is 0.227 e. The number of hydrogen-bond acceptors (Lipinski definition) is 5. The van der Waals surface area contributed by atoms with Crippen LogP contribution in [0, 0.1) is 0 Å². The molecule has 0 saturated heterocycles. The van der Waals surface area contributed by atoms with Crippen LogP contribution in [0.4, 0.5) is 11.6 Å². The predicted molar refractivity (Wildman–Crippen MR) is 68.3 cm³/mol. The maximum atomic E-state index is 10.5. The van der Waals surface area contributed by atoms with E-state index in [0.717, 1.165) is 11.4 Å². The number of ether oxygens (including phenoxy) is 1. The van der Waals surface area contributed by atoms with Gasteiger partial charge in [0.2, 0.25) is 5.95 Å². The molecule has 2 rings (SSSR count). The summed E-state index contributed by atoms with van der Waals surface area (Å²) in [6.45, 7) is 2.58. The number of anilines is 2. The van der Waals surface area contributed by atoms with E-state index in [1.165, 1.54) is 12.4 Å². The van der Waals surface area contributed by atoms with Crippen molar-refractivity contribution < 1.29 is 9.53 Å². The van der Waals surface area contributed by atoms with Crippen molar-refractivity contribution in [1.82, 2.24) is 9.97 Å². The third kappa shape index (κ3) is 3.04. The Morgan fingerprint density at radius 1 is 1.22 bits per heavy atom. The van der Waals surface area contributed by atoms with Gasteiger partial charge in [-0.2, -0.15) is 0 Å². The van der Waals surface area contributed by atoms with Crippen molar-refractivity contribution in [3.63, 3.8) is 0 Å². The molecule has 0 unspecified atom stereocenters. The Hall–Kier alpha value is -2.43. The fourth-order valence-corrected chi connectivity index (χ4v) is 1.39. The lowest BCUT2D eigenvalue weighted by molar-refractivity contribution is 0.112. The average Bonchev–Trinajstić information content (AvgIpc) is 2.42. The minimum absolute atomic E-state index is 0.449. The fourth-order valence-electron chi connectivity index (χ4n) is 1.39. The number of rotatable bonds is 5. The van der Waals surface area contributed by atoms with E-state index in [2.05, 4.69) is 15.3 Å². The second-order valence-electron chi connectivity index (χ2n) is 3.54. The van der Waals surface area contributed by atoms with Gasteiger partial charge in [0, 0.05) is 18.1 Å². The van der Waals surface area contributed by atoms with Crippen molar-refractivity contribution in [3.05, 3.63) is 42.2 Å². The number of hydrogen-bond donors (Lipinski definition) is 1. The molecule has 0 spiro atoms. The summed E-state index contributed by atoms with van der Waals surface area (Å²) in [6.07, 6.45) is 3.65. The van der Waals surface area contributed by atoms with Crippen LogP contribution < -0.4 is 10.1 Å². The lowest BCUT2D eigenvalue weighted by Crippen LogP contribution is -1.98. The molecule has 18 heavy (non-hydrogen) atoms. The van der Waals surface area contributed by atoms with E-state index >= 15 is 0 Å². The van der Waals surface area contributed by atoms with Crippen molar-refractivity contribution in [2.75, 3.05) is 11.9 Å². The highest BCUT2D eigenvalue weighted by Gasteiger charge is 1.99. The van der Waals surface area contributed by atoms with E-state index in [4.69, 9.17) is 4.74 Å². The zero-order valence-electron chi connectivity index (χ0n) is 9.96. The molecule has 0 aliphatic rings. The molecule has 1 N–H and O–H groups in total. The SMILES string of the molecule is CCOc1ccc(Nc2ncc(C=O)cn2)cc1. The van der Waals surface area contributed by atoms with E-state index in [1.54, 1.807) is 0 Å². The second kappa shape index (κ2) is 5.77. The third-order valence-corrected chi connectivity index (χ3v) is 2.23. The van der Waals surface area contributed by atoms with Crippen LogP contribution in [-0.2, 0) is 0 Å². The Labute approximate surface area is 105 Å². The Morgan fingerprint density at radius 2 is 1.89 bits per heavy atom. The largest absolute Gasteiger partial charge is 0.494 e. The fraction of sp³-hybridized carbons (Fsp3) is 0.154. The number of benzene rings is 1. The van der Waals surface area contributed by atoms with Crippen molar-refractivity contribution in [2.24, 2.45) is 0 Å². The van der Waals surface area contributed by atoms with Gasteiger partial charge >= 0.3 is 0 Å². The molecule has 0 bridgehead atoms. The minimum atomic E-state index is 0.449. The summed E-state index contributed by atoms with van der Waals surface area (Å²) in [4.78, 5) is 18.5. The summed E-state index contributed by atoms with van der Waals surface area (Å²) >= 11 is 0. The van der Waals surface area contributed by atoms with Crippen molar-refractivity contribution >= 4 is 17.9 Å². The monoisotopic (exact) mass is 243 g/mol. The molecule has 0 saturated carbocycles. The van der Waals surface area contributed by atoms with Crippen LogP contribution in [0.25, 0.3) is 0 Å². The first-order chi connectivity index (χ1) is 8.81. The number of nitrogens with one attached hydrogen (secondary N) is 1. The Morgan fingerprint density at radius 3 is 2.44 bits per heavy atom. The Bertz CT molecular complexity index is 509. The topological polar surface area (TPSA) is 64.1 Å². The third-order valence-electron chi connectivity index (χ3n) is 2.23. The molecule has 0 aliphatic heterocycles. The molecular weight excluding hydrogens is 230 g/mol. The number of aromatic nitrogens is 2. The lowest BCUT2D eigenvalue weighted by atomic mass is 10.3. The maximum absolute atomic E-state index is 10.5. The van der Waals surface area contributed by atoms with Crippen LogP contribution in [-0.4, -0.2) is 22.9 Å². The summed E-state index contributed by atoms with van der Waals surface area (Å²) in [7, 11) is 0. The quantitative estimate of drug-likeness (QED) is 0.817. The second-order valence-corrected chi connectivity index (χ2v) is 3.54. The van der Waals surface area contributed by atoms with Gasteiger partial charge in [-0.3, -0.25) is 4.79 Å². The molecule has 0 aliphatic carbocycles. The summed E-state index contributed by atoms with van der Waals surface area (Å²) in [5.74, 6) is 1.27. The standard InChI is InChI=1S/C13H13N3O2/c1-2-18-12-5-3-11(4-6-12)16-13-14-7-10(9-17)8-15-13/h3-9H,2H2,1H3,(H,14,15,16). The highest BCUT2D eigenvalue weighted by Crippen LogP contribution is 2.17. The summed E-state index contributed by atoms with van der Waals surface area (Å²) < 4.78 is 5.34.